The largest absolute Gasteiger partial charge is 0.502 e. The van der Waals surface area contributed by atoms with Gasteiger partial charge in [-0.15, -0.1) is 0 Å². The average molecular weight is 345 g/mol. The van der Waals surface area contributed by atoms with Crippen LogP contribution in [0.3, 0.4) is 0 Å². The molecule has 0 fully saturated rings. The zero-order valence-corrected chi connectivity index (χ0v) is 13.8. The van der Waals surface area contributed by atoms with Gasteiger partial charge in [-0.05, 0) is 54.1 Å². The Hall–Kier alpha value is -3.60. The lowest BCUT2D eigenvalue weighted by atomic mass is 10.1. The summed E-state index contributed by atoms with van der Waals surface area (Å²) >= 11 is 0. The van der Waals surface area contributed by atoms with Crippen molar-refractivity contribution in [1.82, 2.24) is 4.98 Å². The van der Waals surface area contributed by atoms with E-state index in [4.69, 9.17) is 9.15 Å². The highest BCUT2D eigenvalue weighted by molar-refractivity contribution is 5.81. The van der Waals surface area contributed by atoms with Crippen molar-refractivity contribution in [3.63, 3.8) is 0 Å². The number of rotatable bonds is 4. The molecule has 0 aliphatic heterocycles. The first-order chi connectivity index (χ1) is 12.7. The van der Waals surface area contributed by atoms with Crippen LogP contribution in [0.25, 0.3) is 22.3 Å². The molecule has 5 heteroatoms. The molecule has 0 spiro atoms. The summed E-state index contributed by atoms with van der Waals surface area (Å²) in [5.74, 6) is 0.428. The monoisotopic (exact) mass is 345 g/mol. The Kier molecular flexibility index (Phi) is 4.11. The highest BCUT2D eigenvalue weighted by Crippen LogP contribution is 2.31. The molecule has 4 aromatic rings. The Bertz CT molecular complexity index is 1100. The highest BCUT2D eigenvalue weighted by atomic mass is 16.5. The minimum atomic E-state index is -0.445. The maximum atomic E-state index is 12.3. The fraction of sp³-hybridized carbons (Fsp3) is 0.0476. The van der Waals surface area contributed by atoms with Gasteiger partial charge in [-0.2, -0.15) is 0 Å². The number of benzene rings is 2. The number of ether oxygens (including phenoxy) is 1. The second-order valence-corrected chi connectivity index (χ2v) is 5.77. The van der Waals surface area contributed by atoms with Gasteiger partial charge < -0.3 is 14.3 Å². The van der Waals surface area contributed by atoms with Gasteiger partial charge in [0.1, 0.15) is 17.9 Å². The van der Waals surface area contributed by atoms with Gasteiger partial charge in [0.05, 0.1) is 5.39 Å². The third kappa shape index (κ3) is 3.02. The standard InChI is InChI=1S/C21H15NO4/c23-19-17-3-1-2-4-18(17)26-21(20(19)24)15-5-7-16(8-6-15)25-13-14-9-11-22-12-10-14/h1-12,24H,13H2. The highest BCUT2D eigenvalue weighted by Gasteiger charge is 2.15. The van der Waals surface area contributed by atoms with E-state index in [1.165, 1.54) is 0 Å². The number of para-hydroxylation sites is 1. The molecule has 5 nitrogen and oxygen atoms in total. The van der Waals surface area contributed by atoms with Crippen LogP contribution in [0.5, 0.6) is 11.5 Å². The first-order valence-electron chi connectivity index (χ1n) is 8.09. The van der Waals surface area contributed by atoms with Gasteiger partial charge in [-0.1, -0.05) is 12.1 Å². The minimum absolute atomic E-state index is 0.148. The van der Waals surface area contributed by atoms with Crippen LogP contribution in [-0.4, -0.2) is 10.1 Å². The van der Waals surface area contributed by atoms with E-state index in [-0.39, 0.29) is 5.76 Å². The molecule has 0 atom stereocenters. The molecule has 26 heavy (non-hydrogen) atoms. The molecule has 4 rings (SSSR count). The number of fused-ring (bicyclic) bond motifs is 1. The first-order valence-corrected chi connectivity index (χ1v) is 8.09. The Morgan fingerprint density at radius 2 is 1.69 bits per heavy atom. The normalized spacial score (nSPS) is 10.8. The fourth-order valence-corrected chi connectivity index (χ4v) is 2.68. The van der Waals surface area contributed by atoms with Crippen LogP contribution in [0, 0.1) is 0 Å². The lowest BCUT2D eigenvalue weighted by Gasteiger charge is -2.08. The van der Waals surface area contributed by atoms with E-state index in [0.29, 0.717) is 28.9 Å². The van der Waals surface area contributed by atoms with Gasteiger partial charge in [0.25, 0.3) is 0 Å². The third-order valence-electron chi connectivity index (χ3n) is 4.05. The van der Waals surface area contributed by atoms with Crippen LogP contribution in [-0.2, 0) is 6.61 Å². The molecule has 0 unspecified atom stereocenters. The number of nitrogens with zero attached hydrogens (tertiary/aromatic N) is 1. The van der Waals surface area contributed by atoms with Crippen molar-refractivity contribution in [2.24, 2.45) is 0 Å². The predicted molar refractivity (Wildman–Crippen MR) is 98.2 cm³/mol. The van der Waals surface area contributed by atoms with Crippen LogP contribution in [0.1, 0.15) is 5.56 Å². The summed E-state index contributed by atoms with van der Waals surface area (Å²) in [6, 6.07) is 17.6. The molecule has 2 heterocycles. The summed E-state index contributed by atoms with van der Waals surface area (Å²) in [4.78, 5) is 16.3. The molecular formula is C21H15NO4. The molecule has 1 N–H and O–H groups in total. The Labute approximate surface area is 149 Å². The van der Waals surface area contributed by atoms with Crippen LogP contribution in [0.2, 0.25) is 0 Å². The summed E-state index contributed by atoms with van der Waals surface area (Å²) in [5, 5.41) is 10.6. The molecule has 0 radical (unpaired) electrons. The minimum Gasteiger partial charge on any atom is -0.502 e. The van der Waals surface area contributed by atoms with E-state index in [1.54, 1.807) is 60.9 Å². The summed E-state index contributed by atoms with van der Waals surface area (Å²) in [5.41, 5.74) is 1.60. The molecule has 128 valence electrons. The molecule has 0 aliphatic carbocycles. The topological polar surface area (TPSA) is 72.6 Å². The maximum Gasteiger partial charge on any atom is 0.235 e. The fourth-order valence-electron chi connectivity index (χ4n) is 2.68. The Morgan fingerprint density at radius 3 is 2.46 bits per heavy atom. The quantitative estimate of drug-likeness (QED) is 0.602. The summed E-state index contributed by atoms with van der Waals surface area (Å²) in [7, 11) is 0. The van der Waals surface area contributed by atoms with Crippen molar-refractivity contribution >= 4 is 11.0 Å². The van der Waals surface area contributed by atoms with Crippen molar-refractivity contribution in [2.45, 2.75) is 6.61 Å². The van der Waals surface area contributed by atoms with Gasteiger partial charge in [0.15, 0.2) is 5.76 Å². The van der Waals surface area contributed by atoms with Crippen molar-refractivity contribution in [3.8, 4) is 22.8 Å². The number of hydrogen-bond acceptors (Lipinski definition) is 5. The summed E-state index contributed by atoms with van der Waals surface area (Å²) in [6.45, 7) is 0.429. The molecule has 0 aliphatic rings. The van der Waals surface area contributed by atoms with E-state index in [0.717, 1.165) is 5.56 Å². The Balaban J connectivity index is 1.62. The van der Waals surface area contributed by atoms with Crippen LogP contribution in [0.15, 0.2) is 82.3 Å². The van der Waals surface area contributed by atoms with Crippen molar-refractivity contribution in [3.05, 3.63) is 88.8 Å². The molecular weight excluding hydrogens is 330 g/mol. The molecule has 2 aromatic heterocycles. The van der Waals surface area contributed by atoms with Gasteiger partial charge in [-0.3, -0.25) is 9.78 Å². The zero-order valence-electron chi connectivity index (χ0n) is 13.8. The van der Waals surface area contributed by atoms with E-state index in [1.807, 2.05) is 12.1 Å². The number of pyridine rings is 1. The smallest absolute Gasteiger partial charge is 0.235 e. The molecule has 0 saturated heterocycles. The van der Waals surface area contributed by atoms with Crippen LogP contribution >= 0.6 is 0 Å². The molecule has 0 bridgehead atoms. The lowest BCUT2D eigenvalue weighted by molar-refractivity contribution is 0.306. The van der Waals surface area contributed by atoms with Crippen LogP contribution in [0.4, 0.5) is 0 Å². The SMILES string of the molecule is O=c1c(O)c(-c2ccc(OCc3ccncc3)cc2)oc2ccccc12. The predicted octanol–water partition coefficient (Wildman–Crippen LogP) is 4.14. The van der Waals surface area contributed by atoms with Gasteiger partial charge in [-0.25, -0.2) is 0 Å². The van der Waals surface area contributed by atoms with E-state index < -0.39 is 11.2 Å². The molecule has 0 amide bonds. The summed E-state index contributed by atoms with van der Waals surface area (Å²) in [6.07, 6.45) is 3.43. The molecule has 0 saturated carbocycles. The van der Waals surface area contributed by atoms with E-state index in [2.05, 4.69) is 4.98 Å². The number of aromatic hydroxyl groups is 1. The average Bonchev–Trinajstić information content (AvgIpc) is 2.70. The van der Waals surface area contributed by atoms with Gasteiger partial charge >= 0.3 is 0 Å². The van der Waals surface area contributed by atoms with E-state index >= 15 is 0 Å². The first kappa shape index (κ1) is 15.9. The zero-order chi connectivity index (χ0) is 17.9. The van der Waals surface area contributed by atoms with Gasteiger partial charge in [0.2, 0.25) is 11.2 Å². The van der Waals surface area contributed by atoms with E-state index in [9.17, 15) is 9.90 Å². The Morgan fingerprint density at radius 1 is 0.962 bits per heavy atom. The summed E-state index contributed by atoms with van der Waals surface area (Å²) < 4.78 is 11.5. The number of aromatic nitrogens is 1. The number of hydrogen-bond donors (Lipinski definition) is 1. The van der Waals surface area contributed by atoms with Crippen molar-refractivity contribution in [2.75, 3.05) is 0 Å². The molecule has 2 aromatic carbocycles. The maximum absolute atomic E-state index is 12.3. The second kappa shape index (κ2) is 6.72. The van der Waals surface area contributed by atoms with Crippen molar-refractivity contribution in [1.29, 1.82) is 0 Å². The second-order valence-electron chi connectivity index (χ2n) is 5.77. The van der Waals surface area contributed by atoms with Crippen LogP contribution < -0.4 is 10.2 Å². The lowest BCUT2D eigenvalue weighted by Crippen LogP contribution is -2.02. The van der Waals surface area contributed by atoms with Crippen molar-refractivity contribution < 1.29 is 14.3 Å². The third-order valence-corrected chi connectivity index (χ3v) is 4.05. The van der Waals surface area contributed by atoms with Gasteiger partial charge in [0, 0.05) is 18.0 Å².